The van der Waals surface area contributed by atoms with Crippen LogP contribution >= 0.6 is 11.3 Å². The van der Waals surface area contributed by atoms with Crippen LogP contribution in [0, 0.1) is 0 Å². The number of nitrogens with zero attached hydrogens (tertiary/aromatic N) is 1. The molecule has 5 nitrogen and oxygen atoms in total. The lowest BCUT2D eigenvalue weighted by molar-refractivity contribution is 0.254. The number of nitrogens with one attached hydrogen (secondary N) is 2. The number of hydrogen-bond acceptors (Lipinski definition) is 4. The highest BCUT2D eigenvalue weighted by Crippen LogP contribution is 2.28. The number of anilines is 1. The van der Waals surface area contributed by atoms with Crippen LogP contribution in [0.4, 0.5) is 10.5 Å². The lowest BCUT2D eigenvalue weighted by atomic mass is 10.2. The van der Waals surface area contributed by atoms with Crippen molar-refractivity contribution >= 4 is 23.1 Å². The van der Waals surface area contributed by atoms with Gasteiger partial charge in [-0.15, -0.1) is 11.3 Å². The fourth-order valence-electron chi connectivity index (χ4n) is 1.98. The van der Waals surface area contributed by atoms with Gasteiger partial charge in [0.25, 0.3) is 0 Å². The zero-order valence-corrected chi connectivity index (χ0v) is 13.3. The van der Waals surface area contributed by atoms with Gasteiger partial charge in [0.1, 0.15) is 11.5 Å². The monoisotopic (exact) mass is 325 g/mol. The van der Waals surface area contributed by atoms with Gasteiger partial charge in [-0.2, -0.15) is 0 Å². The maximum absolute atomic E-state index is 11.2. The van der Waals surface area contributed by atoms with E-state index >= 15 is 0 Å². The average Bonchev–Trinajstić information content (AvgIpc) is 3.12. The number of carbonyl (C=O) groups is 1. The minimum absolute atomic E-state index is 0.252. The van der Waals surface area contributed by atoms with Crippen molar-refractivity contribution in [2.75, 3.05) is 12.4 Å². The zero-order valence-electron chi connectivity index (χ0n) is 12.4. The van der Waals surface area contributed by atoms with Gasteiger partial charge in [0.05, 0.1) is 10.4 Å². The maximum Gasteiger partial charge on any atom is 0.318 e. The van der Waals surface area contributed by atoms with Crippen molar-refractivity contribution in [3.05, 3.63) is 60.2 Å². The summed E-state index contributed by atoms with van der Waals surface area (Å²) < 4.78 is 5.80. The number of urea groups is 1. The molecule has 2 N–H and O–H groups in total. The number of thiazole rings is 1. The van der Waals surface area contributed by atoms with E-state index in [9.17, 15) is 4.79 Å². The number of rotatable bonds is 4. The number of benzene rings is 2. The van der Waals surface area contributed by atoms with E-state index in [0.29, 0.717) is 11.4 Å². The maximum atomic E-state index is 11.2. The van der Waals surface area contributed by atoms with E-state index in [-0.39, 0.29) is 6.03 Å². The Labute approximate surface area is 138 Å². The van der Waals surface area contributed by atoms with Crippen LogP contribution in [0.1, 0.15) is 0 Å². The summed E-state index contributed by atoms with van der Waals surface area (Å²) in [6.07, 6.45) is 1.85. The van der Waals surface area contributed by atoms with Crippen LogP contribution in [0.2, 0.25) is 0 Å². The predicted molar refractivity (Wildman–Crippen MR) is 92.1 cm³/mol. The first-order valence-electron chi connectivity index (χ1n) is 7.00. The first-order valence-corrected chi connectivity index (χ1v) is 7.88. The van der Waals surface area contributed by atoms with Crippen LogP contribution in [0.5, 0.6) is 11.5 Å². The van der Waals surface area contributed by atoms with Crippen LogP contribution in [0.25, 0.3) is 10.4 Å². The van der Waals surface area contributed by atoms with Gasteiger partial charge < -0.3 is 15.4 Å². The van der Waals surface area contributed by atoms with E-state index in [1.54, 1.807) is 30.5 Å². The van der Waals surface area contributed by atoms with Crippen molar-refractivity contribution in [3.8, 4) is 21.9 Å². The molecule has 0 aliphatic rings. The summed E-state index contributed by atoms with van der Waals surface area (Å²) in [5.74, 6) is 1.46. The third-order valence-corrected chi connectivity index (χ3v) is 3.97. The Hall–Kier alpha value is -2.86. The Morgan fingerprint density at radius 2 is 1.70 bits per heavy atom. The third kappa shape index (κ3) is 3.87. The van der Waals surface area contributed by atoms with Gasteiger partial charge in [-0.05, 0) is 54.1 Å². The molecule has 6 heteroatoms. The van der Waals surface area contributed by atoms with Crippen molar-refractivity contribution < 1.29 is 9.53 Å². The second kappa shape index (κ2) is 6.93. The highest BCUT2D eigenvalue weighted by Gasteiger charge is 2.02. The molecule has 0 atom stereocenters. The van der Waals surface area contributed by atoms with Crippen molar-refractivity contribution in [1.82, 2.24) is 10.3 Å². The van der Waals surface area contributed by atoms with Crippen molar-refractivity contribution in [2.24, 2.45) is 0 Å². The van der Waals surface area contributed by atoms with Crippen molar-refractivity contribution in [3.63, 3.8) is 0 Å². The van der Waals surface area contributed by atoms with Gasteiger partial charge >= 0.3 is 6.03 Å². The number of hydrogen-bond donors (Lipinski definition) is 2. The lowest BCUT2D eigenvalue weighted by Gasteiger charge is -2.08. The molecule has 0 fully saturated rings. The zero-order chi connectivity index (χ0) is 16.1. The highest BCUT2D eigenvalue weighted by molar-refractivity contribution is 7.13. The summed E-state index contributed by atoms with van der Waals surface area (Å²) in [6.45, 7) is 0. The average molecular weight is 325 g/mol. The predicted octanol–water partition coefficient (Wildman–Crippen LogP) is 4.35. The van der Waals surface area contributed by atoms with Gasteiger partial charge in [-0.1, -0.05) is 0 Å². The molecule has 0 unspecified atom stereocenters. The van der Waals surface area contributed by atoms with Crippen LogP contribution in [-0.2, 0) is 0 Å². The Bertz CT molecular complexity index is 769. The molecule has 116 valence electrons. The Kier molecular flexibility index (Phi) is 4.54. The Balaban J connectivity index is 1.66. The van der Waals surface area contributed by atoms with E-state index < -0.39 is 0 Å². The summed E-state index contributed by atoms with van der Waals surface area (Å²) in [4.78, 5) is 16.4. The molecular weight excluding hydrogens is 310 g/mol. The molecule has 0 saturated carbocycles. The van der Waals surface area contributed by atoms with Crippen LogP contribution in [-0.4, -0.2) is 18.1 Å². The summed E-state index contributed by atoms with van der Waals surface area (Å²) in [6, 6.07) is 14.8. The molecule has 2 aromatic carbocycles. The number of aromatic nitrogens is 1. The summed E-state index contributed by atoms with van der Waals surface area (Å²) in [7, 11) is 1.57. The number of ether oxygens (including phenoxy) is 1. The normalized spacial score (nSPS) is 10.1. The van der Waals surface area contributed by atoms with Gasteiger partial charge in [0, 0.05) is 18.9 Å². The number of amides is 2. The molecule has 3 aromatic rings. The summed E-state index contributed by atoms with van der Waals surface area (Å²) in [5, 5.41) is 5.20. The molecule has 3 rings (SSSR count). The van der Waals surface area contributed by atoms with Gasteiger partial charge in [-0.3, -0.25) is 4.98 Å². The van der Waals surface area contributed by atoms with E-state index in [1.165, 1.54) is 0 Å². The minimum Gasteiger partial charge on any atom is -0.457 e. The molecule has 0 aliphatic heterocycles. The SMILES string of the molecule is CNC(=O)Nc1ccc(Oc2ccc(-c3cncs3)cc2)cc1. The molecule has 2 amide bonds. The van der Waals surface area contributed by atoms with E-state index in [2.05, 4.69) is 15.6 Å². The Morgan fingerprint density at radius 3 is 2.26 bits per heavy atom. The summed E-state index contributed by atoms with van der Waals surface area (Å²) >= 11 is 1.60. The molecule has 1 aromatic heterocycles. The van der Waals surface area contributed by atoms with Crippen LogP contribution < -0.4 is 15.4 Å². The molecule has 0 bridgehead atoms. The quantitative estimate of drug-likeness (QED) is 0.749. The first kappa shape index (κ1) is 15.1. The van der Waals surface area contributed by atoms with Gasteiger partial charge in [-0.25, -0.2) is 4.79 Å². The van der Waals surface area contributed by atoms with Crippen molar-refractivity contribution in [2.45, 2.75) is 0 Å². The second-order valence-corrected chi connectivity index (χ2v) is 5.61. The lowest BCUT2D eigenvalue weighted by Crippen LogP contribution is -2.24. The molecule has 0 saturated heterocycles. The second-order valence-electron chi connectivity index (χ2n) is 4.72. The number of carbonyl (C=O) groups excluding carboxylic acids is 1. The van der Waals surface area contributed by atoms with Crippen molar-refractivity contribution in [1.29, 1.82) is 0 Å². The molecule has 0 aliphatic carbocycles. The first-order chi connectivity index (χ1) is 11.2. The molecule has 23 heavy (non-hydrogen) atoms. The topological polar surface area (TPSA) is 63.2 Å². The fraction of sp³-hybridized carbons (Fsp3) is 0.0588. The smallest absolute Gasteiger partial charge is 0.318 e. The highest BCUT2D eigenvalue weighted by atomic mass is 32.1. The van der Waals surface area contributed by atoms with Crippen LogP contribution in [0.15, 0.2) is 60.2 Å². The Morgan fingerprint density at radius 1 is 1.04 bits per heavy atom. The van der Waals surface area contributed by atoms with Crippen LogP contribution in [0.3, 0.4) is 0 Å². The molecule has 1 heterocycles. The molecule has 0 spiro atoms. The van der Waals surface area contributed by atoms with Gasteiger partial charge in [0.2, 0.25) is 0 Å². The third-order valence-electron chi connectivity index (χ3n) is 3.15. The van der Waals surface area contributed by atoms with Gasteiger partial charge in [0.15, 0.2) is 0 Å². The fourth-order valence-corrected chi connectivity index (χ4v) is 2.61. The minimum atomic E-state index is -0.252. The molecular formula is C17H15N3O2S. The largest absolute Gasteiger partial charge is 0.457 e. The van der Waals surface area contributed by atoms with E-state index in [4.69, 9.17) is 4.74 Å². The van der Waals surface area contributed by atoms with E-state index in [0.717, 1.165) is 16.2 Å². The summed E-state index contributed by atoms with van der Waals surface area (Å²) in [5.41, 5.74) is 3.64. The van der Waals surface area contributed by atoms with E-state index in [1.807, 2.05) is 48.1 Å². The standard InChI is InChI=1S/C17H15N3O2S/c1-18-17(21)20-13-4-8-15(9-5-13)22-14-6-2-12(3-7-14)16-10-19-11-23-16/h2-11H,1H3,(H2,18,20,21). The molecule has 0 radical (unpaired) electrons.